The lowest BCUT2D eigenvalue weighted by molar-refractivity contribution is 0.0765. The van der Waals surface area contributed by atoms with E-state index in [1.165, 1.54) is 11.0 Å². The fourth-order valence-corrected chi connectivity index (χ4v) is 1.86. The number of benzene rings is 1. The lowest BCUT2D eigenvalue weighted by Crippen LogP contribution is -2.32. The molecule has 0 bridgehead atoms. The van der Waals surface area contributed by atoms with Crippen molar-refractivity contribution in [2.45, 2.75) is 12.8 Å². The van der Waals surface area contributed by atoms with Gasteiger partial charge in [-0.1, -0.05) is 18.2 Å². The zero-order valence-electron chi connectivity index (χ0n) is 9.33. The largest absolute Gasteiger partial charge is 0.335 e. The molecule has 1 heterocycles. The van der Waals surface area contributed by atoms with Crippen LogP contribution >= 0.6 is 0 Å². The average Bonchev–Trinajstić information content (AvgIpc) is 2.57. The molecule has 1 aliphatic rings. The third kappa shape index (κ3) is 2.52. The second-order valence-corrected chi connectivity index (χ2v) is 3.96. The maximum atomic E-state index is 13.5. The van der Waals surface area contributed by atoms with Gasteiger partial charge in [-0.25, -0.2) is 8.78 Å². The van der Waals surface area contributed by atoms with Crippen molar-refractivity contribution >= 4 is 5.91 Å². The van der Waals surface area contributed by atoms with E-state index in [4.69, 9.17) is 0 Å². The van der Waals surface area contributed by atoms with Crippen LogP contribution in [-0.2, 0) is 0 Å². The van der Waals surface area contributed by atoms with Gasteiger partial charge in [-0.2, -0.15) is 0 Å². The molecule has 0 aromatic heterocycles. The van der Waals surface area contributed by atoms with E-state index >= 15 is 0 Å². The molecule has 0 saturated carbocycles. The van der Waals surface area contributed by atoms with Crippen LogP contribution in [0.1, 0.15) is 23.2 Å². The number of allylic oxidation sites excluding steroid dienone is 1. The van der Waals surface area contributed by atoms with Gasteiger partial charge in [0, 0.05) is 13.1 Å². The van der Waals surface area contributed by atoms with E-state index in [0.717, 1.165) is 25.0 Å². The van der Waals surface area contributed by atoms with Crippen LogP contribution < -0.4 is 0 Å². The number of carbonyl (C=O) groups is 1. The smallest absolute Gasteiger partial charge is 0.260 e. The van der Waals surface area contributed by atoms with Crippen LogP contribution in [0.2, 0.25) is 0 Å². The molecule has 0 saturated heterocycles. The van der Waals surface area contributed by atoms with Crippen molar-refractivity contribution in [2.75, 3.05) is 13.1 Å². The molecule has 0 radical (unpaired) electrons. The summed E-state index contributed by atoms with van der Waals surface area (Å²) in [6, 6.07) is 3.46. The number of nitrogens with zero attached hydrogens (tertiary/aromatic N) is 1. The Kier molecular flexibility index (Phi) is 3.52. The van der Waals surface area contributed by atoms with Gasteiger partial charge in [0.05, 0.1) is 0 Å². The summed E-state index contributed by atoms with van der Waals surface area (Å²) in [5, 5.41) is 0. The van der Waals surface area contributed by atoms with Gasteiger partial charge >= 0.3 is 0 Å². The lowest BCUT2D eigenvalue weighted by atomic mass is 10.1. The summed E-state index contributed by atoms with van der Waals surface area (Å²) in [5.41, 5.74) is -0.456. The summed E-state index contributed by atoms with van der Waals surface area (Å²) in [6.45, 7) is 0.937. The average molecular weight is 237 g/mol. The first kappa shape index (κ1) is 11.8. The molecule has 1 aliphatic heterocycles. The zero-order valence-corrected chi connectivity index (χ0v) is 9.33. The van der Waals surface area contributed by atoms with Crippen LogP contribution in [0, 0.1) is 11.6 Å². The van der Waals surface area contributed by atoms with E-state index in [1.54, 1.807) is 0 Å². The standard InChI is InChI=1S/C13H13F2NO/c14-10-6-5-7-11(15)12(10)13(17)16-8-3-1-2-4-9-16/h1,3,5-7H,2,4,8-9H2. The molecule has 2 nitrogen and oxygen atoms in total. The van der Waals surface area contributed by atoms with E-state index in [0.29, 0.717) is 13.1 Å². The zero-order chi connectivity index (χ0) is 12.3. The number of rotatable bonds is 1. The van der Waals surface area contributed by atoms with Crippen molar-refractivity contribution in [1.82, 2.24) is 4.90 Å². The second kappa shape index (κ2) is 5.08. The van der Waals surface area contributed by atoms with Crippen molar-refractivity contribution in [3.05, 3.63) is 47.5 Å². The highest BCUT2D eigenvalue weighted by Gasteiger charge is 2.22. The summed E-state index contributed by atoms with van der Waals surface area (Å²) < 4.78 is 26.9. The number of carbonyl (C=O) groups excluding carboxylic acids is 1. The minimum atomic E-state index is -0.803. The number of hydrogen-bond acceptors (Lipinski definition) is 1. The topological polar surface area (TPSA) is 20.3 Å². The molecule has 2 rings (SSSR count). The van der Waals surface area contributed by atoms with Gasteiger partial charge in [-0.05, 0) is 25.0 Å². The number of halogens is 2. The molecule has 0 aliphatic carbocycles. The van der Waals surface area contributed by atoms with Crippen molar-refractivity contribution < 1.29 is 13.6 Å². The van der Waals surface area contributed by atoms with Gasteiger partial charge in [-0.15, -0.1) is 0 Å². The molecule has 0 unspecified atom stereocenters. The summed E-state index contributed by atoms with van der Waals surface area (Å²) in [6.07, 6.45) is 5.54. The highest BCUT2D eigenvalue weighted by molar-refractivity contribution is 5.94. The van der Waals surface area contributed by atoms with Gasteiger partial charge in [0.2, 0.25) is 0 Å². The Bertz CT molecular complexity index is 436. The molecule has 0 N–H and O–H groups in total. The Morgan fingerprint density at radius 2 is 1.88 bits per heavy atom. The summed E-state index contributed by atoms with van der Waals surface area (Å²) in [4.78, 5) is 13.5. The van der Waals surface area contributed by atoms with Gasteiger partial charge in [0.15, 0.2) is 0 Å². The van der Waals surface area contributed by atoms with Crippen LogP contribution in [0.5, 0.6) is 0 Å². The van der Waals surface area contributed by atoms with Gasteiger partial charge in [0.1, 0.15) is 17.2 Å². The molecule has 4 heteroatoms. The van der Waals surface area contributed by atoms with Crippen molar-refractivity contribution in [3.63, 3.8) is 0 Å². The fourth-order valence-electron chi connectivity index (χ4n) is 1.86. The third-order valence-electron chi connectivity index (χ3n) is 2.76. The minimum Gasteiger partial charge on any atom is -0.335 e. The molecule has 1 aromatic rings. The maximum Gasteiger partial charge on any atom is 0.260 e. The Morgan fingerprint density at radius 1 is 1.18 bits per heavy atom. The third-order valence-corrected chi connectivity index (χ3v) is 2.76. The molecule has 90 valence electrons. The Morgan fingerprint density at radius 3 is 2.59 bits per heavy atom. The van der Waals surface area contributed by atoms with Gasteiger partial charge in [-0.3, -0.25) is 4.79 Å². The first-order valence-electron chi connectivity index (χ1n) is 5.58. The summed E-state index contributed by atoms with van der Waals surface area (Å²) >= 11 is 0. The number of hydrogen-bond donors (Lipinski definition) is 0. The highest BCUT2D eigenvalue weighted by Crippen LogP contribution is 2.16. The maximum absolute atomic E-state index is 13.5. The van der Waals surface area contributed by atoms with Crippen molar-refractivity contribution in [1.29, 1.82) is 0 Å². The Labute approximate surface area is 98.5 Å². The molecule has 0 spiro atoms. The highest BCUT2D eigenvalue weighted by atomic mass is 19.1. The second-order valence-electron chi connectivity index (χ2n) is 3.96. The van der Waals surface area contributed by atoms with E-state index in [2.05, 4.69) is 0 Å². The van der Waals surface area contributed by atoms with Crippen LogP contribution in [-0.4, -0.2) is 23.9 Å². The monoisotopic (exact) mass is 237 g/mol. The fraction of sp³-hybridized carbons (Fsp3) is 0.308. The van der Waals surface area contributed by atoms with Crippen molar-refractivity contribution in [3.8, 4) is 0 Å². The first-order chi connectivity index (χ1) is 8.20. The first-order valence-corrected chi connectivity index (χ1v) is 5.58. The SMILES string of the molecule is O=C(c1c(F)cccc1F)N1CC=CCCC1. The number of amides is 1. The van der Waals surface area contributed by atoms with Gasteiger partial charge < -0.3 is 4.90 Å². The van der Waals surface area contributed by atoms with Gasteiger partial charge in [0.25, 0.3) is 5.91 Å². The van der Waals surface area contributed by atoms with Crippen LogP contribution in [0.15, 0.2) is 30.4 Å². The summed E-state index contributed by atoms with van der Waals surface area (Å²) in [5.74, 6) is -2.18. The molecule has 17 heavy (non-hydrogen) atoms. The van der Waals surface area contributed by atoms with E-state index in [1.807, 2.05) is 12.2 Å². The Balaban J connectivity index is 2.27. The molecular weight excluding hydrogens is 224 g/mol. The van der Waals surface area contributed by atoms with E-state index in [9.17, 15) is 13.6 Å². The van der Waals surface area contributed by atoms with E-state index in [-0.39, 0.29) is 0 Å². The van der Waals surface area contributed by atoms with E-state index < -0.39 is 23.1 Å². The van der Waals surface area contributed by atoms with Crippen molar-refractivity contribution in [2.24, 2.45) is 0 Å². The summed E-state index contributed by atoms with van der Waals surface area (Å²) in [7, 11) is 0. The minimum absolute atomic E-state index is 0.409. The molecule has 1 amide bonds. The Hall–Kier alpha value is -1.71. The molecular formula is C13H13F2NO. The quantitative estimate of drug-likeness (QED) is 0.688. The van der Waals surface area contributed by atoms with Crippen LogP contribution in [0.4, 0.5) is 8.78 Å². The predicted molar refractivity (Wildman–Crippen MR) is 60.6 cm³/mol. The molecule has 0 fully saturated rings. The van der Waals surface area contributed by atoms with Crippen LogP contribution in [0.25, 0.3) is 0 Å². The molecule has 1 aromatic carbocycles. The molecule has 0 atom stereocenters. The normalized spacial score (nSPS) is 15.8. The predicted octanol–water partition coefficient (Wildman–Crippen LogP) is 2.76. The lowest BCUT2D eigenvalue weighted by Gasteiger charge is -2.20. The van der Waals surface area contributed by atoms with Crippen LogP contribution in [0.3, 0.4) is 0 Å².